The molecule has 9 nitrogen and oxygen atoms in total. The van der Waals surface area contributed by atoms with E-state index in [1.165, 1.54) is 48.8 Å². The van der Waals surface area contributed by atoms with E-state index >= 15 is 0 Å². The number of carbonyl (C=O) groups excluding carboxylic acids is 1. The number of benzene rings is 1. The van der Waals surface area contributed by atoms with Gasteiger partial charge in [0.25, 0.3) is 5.56 Å². The Hall–Kier alpha value is -3.43. The van der Waals surface area contributed by atoms with Gasteiger partial charge in [-0.1, -0.05) is 6.07 Å². The van der Waals surface area contributed by atoms with Crippen molar-refractivity contribution in [3.8, 4) is 5.75 Å². The highest BCUT2D eigenvalue weighted by Crippen LogP contribution is 2.19. The van der Waals surface area contributed by atoms with Crippen LogP contribution in [-0.2, 0) is 32.0 Å². The van der Waals surface area contributed by atoms with Crippen LogP contribution in [0.5, 0.6) is 5.75 Å². The van der Waals surface area contributed by atoms with Gasteiger partial charge in [-0.15, -0.1) is 0 Å². The van der Waals surface area contributed by atoms with E-state index in [2.05, 4.69) is 4.98 Å². The molecule has 0 atom stereocenters. The first-order valence-electron chi connectivity index (χ1n) is 8.99. The van der Waals surface area contributed by atoms with E-state index in [4.69, 9.17) is 4.74 Å². The third-order valence-electron chi connectivity index (χ3n) is 4.85. The van der Waals surface area contributed by atoms with Crippen LogP contribution in [0.1, 0.15) is 12.5 Å². The molecule has 0 aliphatic carbocycles. The number of amides is 1. The molecule has 1 aromatic carbocycles. The van der Waals surface area contributed by atoms with Crippen LogP contribution in [0.2, 0.25) is 0 Å². The average Bonchev–Trinajstić information content (AvgIpc) is 3.12. The highest BCUT2D eigenvalue weighted by Gasteiger charge is 2.19. The molecule has 0 aliphatic rings. The Morgan fingerprint density at radius 2 is 1.97 bits per heavy atom. The topological polar surface area (TPSA) is 91.4 Å². The van der Waals surface area contributed by atoms with Crippen molar-refractivity contribution in [1.29, 1.82) is 0 Å². The van der Waals surface area contributed by atoms with Gasteiger partial charge in [-0.2, -0.15) is 0 Å². The third-order valence-corrected chi connectivity index (χ3v) is 4.85. The second-order valence-corrected chi connectivity index (χ2v) is 6.63. The van der Waals surface area contributed by atoms with Gasteiger partial charge >= 0.3 is 5.69 Å². The number of carbonyl (C=O) groups is 1. The summed E-state index contributed by atoms with van der Waals surface area (Å²) in [4.78, 5) is 43.0. The molecule has 0 bridgehead atoms. The Morgan fingerprint density at radius 1 is 1.24 bits per heavy atom. The Kier molecular flexibility index (Phi) is 5.53. The molecular weight excluding hydrogens is 381 g/mol. The predicted octanol–water partition coefficient (Wildman–Crippen LogP) is 0.630. The summed E-state index contributed by atoms with van der Waals surface area (Å²) in [5.41, 5.74) is -0.00237. The van der Waals surface area contributed by atoms with Crippen LogP contribution >= 0.6 is 0 Å². The second-order valence-electron chi connectivity index (χ2n) is 6.63. The Labute approximate surface area is 165 Å². The van der Waals surface area contributed by atoms with E-state index in [0.29, 0.717) is 12.1 Å². The normalized spacial score (nSPS) is 11.1. The van der Waals surface area contributed by atoms with Gasteiger partial charge < -0.3 is 14.2 Å². The van der Waals surface area contributed by atoms with Crippen LogP contribution in [0.4, 0.5) is 4.39 Å². The Morgan fingerprint density at radius 3 is 2.59 bits per heavy atom. The molecule has 154 valence electrons. The van der Waals surface area contributed by atoms with E-state index in [-0.39, 0.29) is 35.9 Å². The molecule has 10 heteroatoms. The summed E-state index contributed by atoms with van der Waals surface area (Å²) < 4.78 is 22.5. The van der Waals surface area contributed by atoms with Crippen molar-refractivity contribution in [2.45, 2.75) is 20.0 Å². The van der Waals surface area contributed by atoms with Crippen LogP contribution in [0.15, 0.2) is 34.1 Å². The fourth-order valence-corrected chi connectivity index (χ4v) is 3.17. The van der Waals surface area contributed by atoms with Crippen molar-refractivity contribution < 1.29 is 13.9 Å². The van der Waals surface area contributed by atoms with Crippen molar-refractivity contribution in [3.63, 3.8) is 0 Å². The molecule has 0 saturated carbocycles. The first-order chi connectivity index (χ1) is 13.8. The molecule has 3 aromatic rings. The number of hydrogen-bond acceptors (Lipinski definition) is 5. The number of likely N-dealkylation sites (N-methyl/N-ethyl adjacent to an activating group) is 1. The number of halogens is 1. The maximum absolute atomic E-state index is 13.9. The van der Waals surface area contributed by atoms with Gasteiger partial charge in [0, 0.05) is 27.2 Å². The molecule has 0 fully saturated rings. The van der Waals surface area contributed by atoms with E-state index in [1.54, 1.807) is 11.0 Å². The molecule has 3 rings (SSSR count). The van der Waals surface area contributed by atoms with Crippen LogP contribution < -0.4 is 16.0 Å². The largest absolute Gasteiger partial charge is 0.494 e. The summed E-state index contributed by atoms with van der Waals surface area (Å²) in [7, 11) is 4.27. The van der Waals surface area contributed by atoms with Crippen LogP contribution in [0, 0.1) is 5.82 Å². The van der Waals surface area contributed by atoms with Gasteiger partial charge in [-0.25, -0.2) is 14.2 Å². The van der Waals surface area contributed by atoms with Gasteiger partial charge in [0.05, 0.1) is 13.4 Å². The Balaban J connectivity index is 1.88. The van der Waals surface area contributed by atoms with Crippen LogP contribution in [0.25, 0.3) is 11.2 Å². The summed E-state index contributed by atoms with van der Waals surface area (Å²) >= 11 is 0. The van der Waals surface area contributed by atoms with Gasteiger partial charge in [0.2, 0.25) is 5.91 Å². The fourth-order valence-electron chi connectivity index (χ4n) is 3.17. The minimum absolute atomic E-state index is 0.129. The lowest BCUT2D eigenvalue weighted by atomic mass is 10.2. The maximum atomic E-state index is 13.9. The number of imidazole rings is 1. The lowest BCUT2D eigenvalue weighted by Crippen LogP contribution is -2.38. The zero-order valence-corrected chi connectivity index (χ0v) is 16.7. The molecule has 0 radical (unpaired) electrons. The number of rotatable bonds is 6. The molecule has 0 spiro atoms. The van der Waals surface area contributed by atoms with Gasteiger partial charge in [0.15, 0.2) is 22.7 Å². The number of hydrogen-bond donors (Lipinski definition) is 0. The molecule has 2 aromatic heterocycles. The number of fused-ring (bicyclic) bond motifs is 1. The zero-order chi connectivity index (χ0) is 21.3. The van der Waals surface area contributed by atoms with Crippen molar-refractivity contribution >= 4 is 17.1 Å². The predicted molar refractivity (Wildman–Crippen MR) is 104 cm³/mol. The van der Waals surface area contributed by atoms with Gasteiger partial charge in [-0.05, 0) is 24.6 Å². The fraction of sp³-hybridized carbons (Fsp3) is 0.368. The highest BCUT2D eigenvalue weighted by molar-refractivity contribution is 5.79. The molecule has 2 heterocycles. The average molecular weight is 403 g/mol. The summed E-state index contributed by atoms with van der Waals surface area (Å²) in [5, 5.41) is 0. The molecule has 29 heavy (non-hydrogen) atoms. The molecule has 0 N–H and O–H groups in total. The van der Waals surface area contributed by atoms with Crippen molar-refractivity contribution in [3.05, 3.63) is 56.7 Å². The van der Waals surface area contributed by atoms with E-state index in [9.17, 15) is 18.8 Å². The van der Waals surface area contributed by atoms with Crippen LogP contribution in [-0.4, -0.2) is 43.1 Å². The van der Waals surface area contributed by atoms with Crippen LogP contribution in [0.3, 0.4) is 0 Å². The van der Waals surface area contributed by atoms with Crippen molar-refractivity contribution in [2.24, 2.45) is 14.1 Å². The number of nitrogens with zero attached hydrogens (tertiary/aromatic N) is 5. The van der Waals surface area contributed by atoms with Gasteiger partial charge in [0.1, 0.15) is 6.54 Å². The number of methoxy groups -OCH3 is 1. The number of aromatic nitrogens is 4. The quantitative estimate of drug-likeness (QED) is 0.602. The number of aryl methyl sites for hydroxylation is 1. The SMILES string of the molecule is CCN(Cc1ccc(OC)c(F)c1)C(=O)Cn1cnc2c1c(=O)n(C)c(=O)n2C. The summed E-state index contributed by atoms with van der Waals surface area (Å²) in [5.74, 6) is -0.632. The maximum Gasteiger partial charge on any atom is 0.332 e. The van der Waals surface area contributed by atoms with Crippen molar-refractivity contribution in [2.75, 3.05) is 13.7 Å². The third kappa shape index (κ3) is 3.65. The molecule has 1 amide bonds. The minimum atomic E-state index is -0.520. The number of ether oxygens (including phenoxy) is 1. The monoisotopic (exact) mass is 403 g/mol. The molecule has 0 saturated heterocycles. The second kappa shape index (κ2) is 7.90. The summed E-state index contributed by atoms with van der Waals surface area (Å²) in [6.07, 6.45) is 1.37. The Bertz CT molecular complexity index is 1190. The molecule has 0 aliphatic heterocycles. The molecular formula is C19H22FN5O4. The van der Waals surface area contributed by atoms with E-state index in [1.807, 2.05) is 6.92 Å². The smallest absolute Gasteiger partial charge is 0.332 e. The standard InChI is InChI=1S/C19H22FN5O4/c1-5-24(9-12-6-7-14(29-4)13(20)8-12)15(26)10-25-11-21-17-16(25)18(27)23(3)19(28)22(17)2/h6-8,11H,5,9-10H2,1-4H3. The van der Waals surface area contributed by atoms with E-state index in [0.717, 1.165) is 4.57 Å². The lowest BCUT2D eigenvalue weighted by molar-refractivity contribution is -0.132. The minimum Gasteiger partial charge on any atom is -0.494 e. The van der Waals surface area contributed by atoms with Gasteiger partial charge in [-0.3, -0.25) is 18.7 Å². The first kappa shape index (κ1) is 20.3. The first-order valence-corrected chi connectivity index (χ1v) is 8.99. The summed E-state index contributed by atoms with van der Waals surface area (Å²) in [6.45, 7) is 2.29. The summed E-state index contributed by atoms with van der Waals surface area (Å²) in [6, 6.07) is 4.53. The zero-order valence-electron chi connectivity index (χ0n) is 16.7. The highest BCUT2D eigenvalue weighted by atomic mass is 19.1. The lowest BCUT2D eigenvalue weighted by Gasteiger charge is -2.21. The van der Waals surface area contributed by atoms with E-state index < -0.39 is 17.1 Å². The molecule has 0 unspecified atom stereocenters. The van der Waals surface area contributed by atoms with Crippen molar-refractivity contribution in [1.82, 2.24) is 23.6 Å².